The first kappa shape index (κ1) is 7.14. The van der Waals surface area contributed by atoms with Gasteiger partial charge in [-0.3, -0.25) is 0 Å². The minimum Gasteiger partial charge on any atom is -0.396 e. The molecule has 1 heteroatoms. The van der Waals surface area contributed by atoms with Crippen LogP contribution < -0.4 is 0 Å². The largest absolute Gasteiger partial charge is 0.396 e. The van der Waals surface area contributed by atoms with Crippen LogP contribution in [0.4, 0.5) is 0 Å². The molecule has 3 aliphatic carbocycles. The van der Waals surface area contributed by atoms with Gasteiger partial charge in [-0.25, -0.2) is 0 Å². The van der Waals surface area contributed by atoms with Gasteiger partial charge in [0.1, 0.15) is 0 Å². The molecule has 12 heavy (non-hydrogen) atoms. The van der Waals surface area contributed by atoms with Gasteiger partial charge in [-0.2, -0.15) is 0 Å². The van der Waals surface area contributed by atoms with Crippen LogP contribution in [0.5, 0.6) is 0 Å². The van der Waals surface area contributed by atoms with E-state index < -0.39 is 0 Å². The van der Waals surface area contributed by atoms with Crippen LogP contribution in [0.3, 0.4) is 0 Å². The molecule has 0 bridgehead atoms. The maximum Gasteiger partial charge on any atom is 0.0473 e. The van der Waals surface area contributed by atoms with Gasteiger partial charge in [0.05, 0.1) is 0 Å². The third-order valence-corrected chi connectivity index (χ3v) is 4.70. The van der Waals surface area contributed by atoms with Gasteiger partial charge in [-0.15, -0.1) is 0 Å². The van der Waals surface area contributed by atoms with Gasteiger partial charge >= 0.3 is 0 Å². The number of rotatable bonds is 1. The second-order valence-corrected chi connectivity index (χ2v) is 4.73. The number of aliphatic hydroxyl groups is 1. The predicted octanol–water partition coefficient (Wildman–Crippen LogP) is 2.12. The van der Waals surface area contributed by atoms with E-state index in [2.05, 4.69) is 12.2 Å². The molecule has 2 fully saturated rings. The van der Waals surface area contributed by atoms with E-state index in [0.29, 0.717) is 23.4 Å². The summed E-state index contributed by atoms with van der Waals surface area (Å²) in [5.74, 6) is 0.623. The Morgan fingerprint density at radius 2 is 2.25 bits per heavy atom. The third kappa shape index (κ3) is 0.517. The van der Waals surface area contributed by atoms with E-state index in [9.17, 15) is 5.11 Å². The maximum atomic E-state index is 9.30. The van der Waals surface area contributed by atoms with E-state index in [1.807, 2.05) is 0 Å². The van der Waals surface area contributed by atoms with Crippen molar-refractivity contribution >= 4 is 0 Å². The Morgan fingerprint density at radius 1 is 1.33 bits per heavy atom. The van der Waals surface area contributed by atoms with E-state index >= 15 is 0 Å². The Labute approximate surface area is 73.5 Å². The Kier molecular flexibility index (Phi) is 1.16. The summed E-state index contributed by atoms with van der Waals surface area (Å²) >= 11 is 0. The molecule has 0 aromatic carbocycles. The zero-order valence-corrected chi connectivity index (χ0v) is 7.42. The summed E-state index contributed by atoms with van der Waals surface area (Å²) in [7, 11) is 0. The first-order valence-corrected chi connectivity index (χ1v) is 5.14. The fourth-order valence-electron chi connectivity index (χ4n) is 4.19. The minimum absolute atomic E-state index is 0.421. The predicted molar refractivity (Wildman–Crippen MR) is 47.7 cm³/mol. The quantitative estimate of drug-likeness (QED) is 0.588. The van der Waals surface area contributed by atoms with Crippen LogP contribution in [-0.4, -0.2) is 11.7 Å². The topological polar surface area (TPSA) is 20.2 Å². The molecule has 3 unspecified atom stereocenters. The van der Waals surface area contributed by atoms with Crippen molar-refractivity contribution in [3.05, 3.63) is 12.2 Å². The van der Waals surface area contributed by atoms with Gasteiger partial charge in [-0.05, 0) is 42.4 Å². The average Bonchev–Trinajstić information content (AvgIpc) is 2.45. The highest BCUT2D eigenvalue weighted by Gasteiger charge is 2.75. The van der Waals surface area contributed by atoms with Gasteiger partial charge < -0.3 is 5.11 Å². The molecule has 0 aromatic rings. The van der Waals surface area contributed by atoms with E-state index in [1.165, 1.54) is 32.1 Å². The third-order valence-electron chi connectivity index (χ3n) is 4.70. The van der Waals surface area contributed by atoms with Crippen molar-refractivity contribution in [1.29, 1.82) is 0 Å². The molecule has 0 amide bonds. The number of aliphatic hydroxyl groups excluding tert-OH is 1. The van der Waals surface area contributed by atoms with Gasteiger partial charge in [0, 0.05) is 6.61 Å². The molecule has 0 spiro atoms. The lowest BCUT2D eigenvalue weighted by Gasteiger charge is -2.17. The average molecular weight is 164 g/mol. The van der Waals surface area contributed by atoms with Gasteiger partial charge in [0.2, 0.25) is 0 Å². The van der Waals surface area contributed by atoms with Crippen LogP contribution in [0.2, 0.25) is 0 Å². The summed E-state index contributed by atoms with van der Waals surface area (Å²) in [5.41, 5.74) is 1.04. The Bertz CT molecular complexity index is 245. The molecule has 3 rings (SSSR count). The Hall–Kier alpha value is -0.300. The minimum atomic E-state index is 0.421. The first-order valence-electron chi connectivity index (χ1n) is 5.14. The molecular weight excluding hydrogens is 148 g/mol. The zero-order valence-electron chi connectivity index (χ0n) is 7.42. The highest BCUT2D eigenvalue weighted by Crippen LogP contribution is 2.81. The molecule has 3 atom stereocenters. The number of allylic oxidation sites excluding steroid dienone is 2. The van der Waals surface area contributed by atoms with Gasteiger partial charge in [0.15, 0.2) is 0 Å². The summed E-state index contributed by atoms with van der Waals surface area (Å²) in [6.07, 6.45) is 11.5. The van der Waals surface area contributed by atoms with E-state index in [4.69, 9.17) is 0 Å². The SMILES string of the molecule is OCC1C23C=CCCC12CCC3. The Morgan fingerprint density at radius 3 is 3.00 bits per heavy atom. The van der Waals surface area contributed by atoms with Crippen LogP contribution in [0.1, 0.15) is 32.1 Å². The molecule has 0 aliphatic heterocycles. The van der Waals surface area contributed by atoms with Crippen molar-refractivity contribution in [2.75, 3.05) is 6.61 Å². The van der Waals surface area contributed by atoms with Crippen molar-refractivity contribution in [3.63, 3.8) is 0 Å². The lowest BCUT2D eigenvalue weighted by Crippen LogP contribution is -2.08. The van der Waals surface area contributed by atoms with Crippen molar-refractivity contribution in [2.45, 2.75) is 32.1 Å². The monoisotopic (exact) mass is 164 g/mol. The zero-order chi connectivity index (χ0) is 8.23. The van der Waals surface area contributed by atoms with Crippen molar-refractivity contribution < 1.29 is 5.11 Å². The standard InChI is InChI=1S/C11H16O/c12-8-9-10-4-1-2-5-11(9,10)7-3-6-10/h1,4,9,12H,2-3,5-8H2. The molecule has 1 N–H and O–H groups in total. The molecule has 0 radical (unpaired) electrons. The van der Waals surface area contributed by atoms with Crippen LogP contribution in [-0.2, 0) is 0 Å². The van der Waals surface area contributed by atoms with Gasteiger partial charge in [0.25, 0.3) is 0 Å². The summed E-state index contributed by atoms with van der Waals surface area (Å²) in [4.78, 5) is 0. The van der Waals surface area contributed by atoms with Crippen LogP contribution >= 0.6 is 0 Å². The van der Waals surface area contributed by atoms with Crippen LogP contribution in [0, 0.1) is 16.7 Å². The molecule has 66 valence electrons. The second kappa shape index (κ2) is 1.95. The molecule has 2 saturated carbocycles. The highest BCUT2D eigenvalue weighted by atomic mass is 16.3. The normalized spacial score (nSPS) is 54.9. The Balaban J connectivity index is 2.02. The van der Waals surface area contributed by atoms with Crippen LogP contribution in [0.15, 0.2) is 12.2 Å². The van der Waals surface area contributed by atoms with Crippen molar-refractivity contribution in [3.8, 4) is 0 Å². The fraction of sp³-hybridized carbons (Fsp3) is 0.818. The first-order chi connectivity index (χ1) is 5.86. The maximum absolute atomic E-state index is 9.30. The molecule has 0 heterocycles. The molecule has 0 saturated heterocycles. The smallest absolute Gasteiger partial charge is 0.0473 e. The molecule has 1 nitrogen and oxygen atoms in total. The highest BCUT2D eigenvalue weighted by molar-refractivity contribution is 5.33. The number of hydrogen-bond donors (Lipinski definition) is 1. The summed E-state index contributed by atoms with van der Waals surface area (Å²) in [6, 6.07) is 0. The summed E-state index contributed by atoms with van der Waals surface area (Å²) < 4.78 is 0. The van der Waals surface area contributed by atoms with Crippen LogP contribution in [0.25, 0.3) is 0 Å². The van der Waals surface area contributed by atoms with E-state index in [1.54, 1.807) is 0 Å². The van der Waals surface area contributed by atoms with Gasteiger partial charge in [-0.1, -0.05) is 18.6 Å². The lowest BCUT2D eigenvalue weighted by molar-refractivity contribution is 0.233. The van der Waals surface area contributed by atoms with Crippen molar-refractivity contribution in [1.82, 2.24) is 0 Å². The van der Waals surface area contributed by atoms with Crippen molar-refractivity contribution in [2.24, 2.45) is 16.7 Å². The summed E-state index contributed by atoms with van der Waals surface area (Å²) in [5, 5.41) is 9.30. The van der Waals surface area contributed by atoms with E-state index in [-0.39, 0.29) is 0 Å². The second-order valence-electron chi connectivity index (χ2n) is 4.73. The number of hydrogen-bond acceptors (Lipinski definition) is 1. The lowest BCUT2D eigenvalue weighted by atomic mass is 9.87. The van der Waals surface area contributed by atoms with E-state index in [0.717, 1.165) is 0 Å². The fourth-order valence-corrected chi connectivity index (χ4v) is 4.19. The molecule has 0 aromatic heterocycles. The molecular formula is C11H16O. The summed E-state index contributed by atoms with van der Waals surface area (Å²) in [6.45, 7) is 0.421. The molecule has 3 aliphatic rings.